The molecule has 3 N–H and O–H groups in total. The molecule has 0 saturated carbocycles. The van der Waals surface area contributed by atoms with Gasteiger partial charge in [0.25, 0.3) is 5.69 Å². The van der Waals surface area contributed by atoms with Crippen molar-refractivity contribution in [3.8, 4) is 0 Å². The van der Waals surface area contributed by atoms with E-state index in [1.807, 2.05) is 13.8 Å². The van der Waals surface area contributed by atoms with Gasteiger partial charge in [-0.3, -0.25) is 14.9 Å². The van der Waals surface area contributed by atoms with E-state index in [0.717, 1.165) is 0 Å². The third-order valence-corrected chi connectivity index (χ3v) is 2.92. The number of anilines is 1. The van der Waals surface area contributed by atoms with Crippen molar-refractivity contribution in [3.05, 3.63) is 32.8 Å². The molecule has 1 amide bonds. The van der Waals surface area contributed by atoms with Gasteiger partial charge in [-0.25, -0.2) is 0 Å². The summed E-state index contributed by atoms with van der Waals surface area (Å²) in [7, 11) is 0. The van der Waals surface area contributed by atoms with Gasteiger partial charge in [-0.15, -0.1) is 0 Å². The second-order valence-electron chi connectivity index (χ2n) is 4.96. The van der Waals surface area contributed by atoms with Gasteiger partial charge < -0.3 is 11.1 Å². The monoisotopic (exact) mass is 329 g/mol. The van der Waals surface area contributed by atoms with E-state index in [4.69, 9.17) is 5.73 Å². The van der Waals surface area contributed by atoms with E-state index < -0.39 is 10.5 Å². The number of nitrogens with two attached hydrogens (primary N) is 1. The van der Waals surface area contributed by atoms with Crippen molar-refractivity contribution in [2.45, 2.75) is 32.2 Å². The van der Waals surface area contributed by atoms with Crippen LogP contribution in [0.3, 0.4) is 0 Å². The van der Waals surface area contributed by atoms with Crippen LogP contribution in [0.25, 0.3) is 0 Å². The van der Waals surface area contributed by atoms with Crippen LogP contribution in [0.5, 0.6) is 0 Å². The van der Waals surface area contributed by atoms with Gasteiger partial charge in [0, 0.05) is 22.5 Å². The lowest BCUT2D eigenvalue weighted by atomic mass is 10.00. The van der Waals surface area contributed by atoms with Gasteiger partial charge in [0.05, 0.1) is 4.92 Å². The quantitative estimate of drug-likeness (QED) is 0.640. The average Bonchev–Trinajstić information content (AvgIpc) is 2.28. The lowest BCUT2D eigenvalue weighted by Crippen LogP contribution is -2.33. The average molecular weight is 330 g/mol. The van der Waals surface area contributed by atoms with Crippen LogP contribution in [-0.4, -0.2) is 16.4 Å². The summed E-state index contributed by atoms with van der Waals surface area (Å²) in [6.07, 6.45) is 0.722. The highest BCUT2D eigenvalue weighted by molar-refractivity contribution is 9.10. The van der Waals surface area contributed by atoms with E-state index in [9.17, 15) is 14.9 Å². The number of rotatable bonds is 5. The van der Waals surface area contributed by atoms with Crippen molar-refractivity contribution in [2.75, 3.05) is 5.32 Å². The normalized spacial score (nSPS) is 11.2. The van der Waals surface area contributed by atoms with Crippen LogP contribution in [-0.2, 0) is 4.79 Å². The fraction of sp³-hybridized carbons (Fsp3) is 0.417. The highest BCUT2D eigenvalue weighted by atomic mass is 79.9. The molecular weight excluding hydrogens is 314 g/mol. The Balaban J connectivity index is 2.77. The minimum Gasteiger partial charge on any atom is -0.326 e. The molecule has 104 valence electrons. The van der Waals surface area contributed by atoms with Gasteiger partial charge in [0.2, 0.25) is 5.91 Å². The second-order valence-corrected chi connectivity index (χ2v) is 5.87. The zero-order valence-corrected chi connectivity index (χ0v) is 12.4. The van der Waals surface area contributed by atoms with Gasteiger partial charge in [0.1, 0.15) is 5.69 Å². The number of benzene rings is 1. The highest BCUT2D eigenvalue weighted by Crippen LogP contribution is 2.28. The Hall–Kier alpha value is -1.47. The zero-order valence-electron chi connectivity index (χ0n) is 10.8. The first-order valence-corrected chi connectivity index (χ1v) is 6.51. The molecule has 0 aliphatic heterocycles. The van der Waals surface area contributed by atoms with Crippen LogP contribution in [0.4, 0.5) is 11.4 Å². The largest absolute Gasteiger partial charge is 0.326 e. The minimum absolute atomic E-state index is 0.144. The zero-order chi connectivity index (χ0) is 14.6. The Bertz CT molecular complexity index is 497. The first-order valence-electron chi connectivity index (χ1n) is 5.72. The summed E-state index contributed by atoms with van der Waals surface area (Å²) in [4.78, 5) is 22.1. The molecule has 19 heavy (non-hydrogen) atoms. The molecule has 0 bridgehead atoms. The molecule has 1 rings (SSSR count). The fourth-order valence-corrected chi connectivity index (χ4v) is 1.76. The van der Waals surface area contributed by atoms with E-state index >= 15 is 0 Å². The van der Waals surface area contributed by atoms with E-state index in [1.165, 1.54) is 12.1 Å². The lowest BCUT2D eigenvalue weighted by molar-refractivity contribution is -0.384. The molecule has 0 unspecified atom stereocenters. The number of nitrogens with zero attached hydrogens (tertiary/aromatic N) is 1. The number of nitrogens with one attached hydrogen (secondary N) is 1. The first kappa shape index (κ1) is 15.6. The number of hydrogen-bond donors (Lipinski definition) is 2. The smallest absolute Gasteiger partial charge is 0.293 e. The Morgan fingerprint density at radius 3 is 2.68 bits per heavy atom. The van der Waals surface area contributed by atoms with E-state index in [2.05, 4.69) is 21.2 Å². The number of amides is 1. The summed E-state index contributed by atoms with van der Waals surface area (Å²) in [6, 6.07) is 4.48. The molecule has 1 aromatic carbocycles. The van der Waals surface area contributed by atoms with Gasteiger partial charge >= 0.3 is 0 Å². The number of halogens is 1. The molecule has 1 aromatic rings. The van der Waals surface area contributed by atoms with E-state index in [0.29, 0.717) is 10.9 Å². The highest BCUT2D eigenvalue weighted by Gasteiger charge is 2.18. The molecule has 0 aliphatic rings. The summed E-state index contributed by atoms with van der Waals surface area (Å²) >= 11 is 3.15. The van der Waals surface area contributed by atoms with Crippen LogP contribution in [0.1, 0.15) is 26.7 Å². The summed E-state index contributed by atoms with van der Waals surface area (Å²) in [5.74, 6) is -0.288. The van der Waals surface area contributed by atoms with Crippen LogP contribution in [0, 0.1) is 10.1 Å². The summed E-state index contributed by atoms with van der Waals surface area (Å²) in [6.45, 7) is 3.64. The molecular formula is C12H16BrN3O3. The van der Waals surface area contributed by atoms with Gasteiger partial charge in [-0.2, -0.15) is 0 Å². The number of nitro groups is 1. The van der Waals surface area contributed by atoms with Gasteiger partial charge in [-0.1, -0.05) is 15.9 Å². The predicted molar refractivity (Wildman–Crippen MR) is 76.9 cm³/mol. The molecule has 0 atom stereocenters. The standard InChI is InChI=1S/C12H16BrN3O3/c1-12(2,14)6-5-11(17)15-9-4-3-8(13)7-10(9)16(18)19/h3-4,7H,5-6,14H2,1-2H3,(H,15,17). The maximum Gasteiger partial charge on any atom is 0.293 e. The third kappa shape index (κ3) is 5.35. The fourth-order valence-electron chi connectivity index (χ4n) is 1.41. The van der Waals surface area contributed by atoms with E-state index in [-0.39, 0.29) is 23.7 Å². The topological polar surface area (TPSA) is 98.3 Å². The summed E-state index contributed by atoms with van der Waals surface area (Å²) in [5.41, 5.74) is 5.38. The molecule has 0 fully saturated rings. The minimum atomic E-state index is -0.534. The second kappa shape index (κ2) is 6.12. The Kier molecular flexibility index (Phi) is 5.02. The van der Waals surface area contributed by atoms with Crippen LogP contribution in [0.15, 0.2) is 22.7 Å². The molecule has 0 radical (unpaired) electrons. The Labute approximate surface area is 119 Å². The van der Waals surface area contributed by atoms with Crippen molar-refractivity contribution in [1.29, 1.82) is 0 Å². The van der Waals surface area contributed by atoms with Crippen molar-refractivity contribution < 1.29 is 9.72 Å². The number of carbonyl (C=O) groups is 1. The molecule has 0 aromatic heterocycles. The lowest BCUT2D eigenvalue weighted by Gasteiger charge is -2.17. The summed E-state index contributed by atoms with van der Waals surface area (Å²) < 4.78 is 0.584. The van der Waals surface area contributed by atoms with Gasteiger partial charge in [-0.05, 0) is 32.4 Å². The third-order valence-electron chi connectivity index (χ3n) is 2.43. The molecule has 6 nitrogen and oxygen atoms in total. The maximum atomic E-state index is 11.7. The first-order chi connectivity index (χ1) is 8.69. The van der Waals surface area contributed by atoms with Crippen LogP contribution < -0.4 is 11.1 Å². The molecule has 0 saturated heterocycles. The van der Waals surface area contributed by atoms with Crippen LogP contribution >= 0.6 is 15.9 Å². The van der Waals surface area contributed by atoms with Crippen LogP contribution in [0.2, 0.25) is 0 Å². The van der Waals surface area contributed by atoms with Crippen molar-refractivity contribution in [3.63, 3.8) is 0 Å². The number of carbonyl (C=O) groups excluding carboxylic acids is 1. The predicted octanol–water partition coefficient (Wildman–Crippen LogP) is 2.81. The SMILES string of the molecule is CC(C)(N)CCC(=O)Nc1ccc(Br)cc1[N+](=O)[O-]. The Morgan fingerprint density at radius 1 is 1.53 bits per heavy atom. The van der Waals surface area contributed by atoms with Crippen molar-refractivity contribution in [1.82, 2.24) is 0 Å². The molecule has 0 spiro atoms. The molecule has 0 aliphatic carbocycles. The van der Waals surface area contributed by atoms with E-state index in [1.54, 1.807) is 6.07 Å². The molecule has 7 heteroatoms. The molecule has 0 heterocycles. The number of hydrogen-bond acceptors (Lipinski definition) is 4. The van der Waals surface area contributed by atoms with Crippen molar-refractivity contribution >= 4 is 33.2 Å². The Morgan fingerprint density at radius 2 is 2.16 bits per heavy atom. The summed E-state index contributed by atoms with van der Waals surface area (Å²) in [5, 5.41) is 13.4. The van der Waals surface area contributed by atoms with Crippen molar-refractivity contribution in [2.24, 2.45) is 5.73 Å². The number of nitro benzene ring substituents is 1. The maximum absolute atomic E-state index is 11.7. The van der Waals surface area contributed by atoms with Gasteiger partial charge in [0.15, 0.2) is 0 Å².